The van der Waals surface area contributed by atoms with Crippen molar-refractivity contribution < 1.29 is 9.18 Å². The summed E-state index contributed by atoms with van der Waals surface area (Å²) in [6.45, 7) is 0.0360. The van der Waals surface area contributed by atoms with Crippen molar-refractivity contribution in [1.29, 1.82) is 0 Å². The minimum atomic E-state index is -0.595. The van der Waals surface area contributed by atoms with E-state index in [0.29, 0.717) is 20.8 Å². The second-order valence-electron chi connectivity index (χ2n) is 6.92. The SMILES string of the molecule is O=C(Cn1c(=O)n(Cc2ccc(F)cc2)c(=O)c2sccc21)NCc1ccc(Cl)cc1. The summed E-state index contributed by atoms with van der Waals surface area (Å²) in [6.07, 6.45) is 0. The first-order valence-electron chi connectivity index (χ1n) is 9.39. The molecule has 158 valence electrons. The number of hydrogen-bond acceptors (Lipinski definition) is 4. The Bertz CT molecular complexity index is 1360. The summed E-state index contributed by atoms with van der Waals surface area (Å²) in [4.78, 5) is 38.5. The lowest BCUT2D eigenvalue weighted by molar-refractivity contribution is -0.121. The smallest absolute Gasteiger partial charge is 0.332 e. The molecule has 0 spiro atoms. The van der Waals surface area contributed by atoms with Crippen LogP contribution in [0.1, 0.15) is 11.1 Å². The number of rotatable bonds is 6. The van der Waals surface area contributed by atoms with Gasteiger partial charge < -0.3 is 5.32 Å². The molecule has 0 aliphatic carbocycles. The van der Waals surface area contributed by atoms with Gasteiger partial charge in [-0.2, -0.15) is 0 Å². The van der Waals surface area contributed by atoms with Crippen LogP contribution < -0.4 is 16.6 Å². The highest BCUT2D eigenvalue weighted by Gasteiger charge is 2.16. The molecule has 0 saturated heterocycles. The summed E-state index contributed by atoms with van der Waals surface area (Å²) in [5, 5.41) is 5.08. The molecule has 31 heavy (non-hydrogen) atoms. The summed E-state index contributed by atoms with van der Waals surface area (Å²) >= 11 is 7.07. The quantitative estimate of drug-likeness (QED) is 0.482. The number of benzene rings is 2. The molecule has 0 atom stereocenters. The van der Waals surface area contributed by atoms with Gasteiger partial charge in [0, 0.05) is 11.6 Å². The van der Waals surface area contributed by atoms with Crippen LogP contribution in [0.3, 0.4) is 0 Å². The van der Waals surface area contributed by atoms with Crippen molar-refractivity contribution >= 4 is 39.1 Å². The molecule has 0 bridgehead atoms. The van der Waals surface area contributed by atoms with E-state index in [9.17, 15) is 18.8 Å². The summed E-state index contributed by atoms with van der Waals surface area (Å²) in [5.41, 5.74) is 0.860. The third-order valence-corrected chi connectivity index (χ3v) is 5.94. The second kappa shape index (κ2) is 8.87. The molecule has 0 aliphatic rings. The number of carbonyl (C=O) groups excluding carboxylic acids is 1. The molecule has 2 aromatic heterocycles. The van der Waals surface area contributed by atoms with Crippen molar-refractivity contribution in [3.05, 3.63) is 103 Å². The van der Waals surface area contributed by atoms with Crippen LogP contribution in [0.25, 0.3) is 10.2 Å². The number of hydrogen-bond donors (Lipinski definition) is 1. The molecule has 2 heterocycles. The monoisotopic (exact) mass is 457 g/mol. The van der Waals surface area contributed by atoms with Gasteiger partial charge in [0.1, 0.15) is 17.1 Å². The minimum Gasteiger partial charge on any atom is -0.350 e. The Morgan fingerprint density at radius 3 is 2.35 bits per heavy atom. The van der Waals surface area contributed by atoms with Crippen molar-refractivity contribution in [3.63, 3.8) is 0 Å². The van der Waals surface area contributed by atoms with Gasteiger partial charge in [0.2, 0.25) is 5.91 Å². The molecule has 0 radical (unpaired) electrons. The van der Waals surface area contributed by atoms with Crippen molar-refractivity contribution in [2.45, 2.75) is 19.6 Å². The molecule has 2 aromatic carbocycles. The Labute approximate surface area is 185 Å². The molecule has 9 heteroatoms. The standard InChI is InChI=1S/C22H17ClFN3O3S/c23-16-5-1-14(2-6-16)11-25-19(28)13-26-18-9-10-31-20(18)21(29)27(22(26)30)12-15-3-7-17(24)8-4-15/h1-10H,11-13H2,(H,25,28). The third-order valence-electron chi connectivity index (χ3n) is 4.80. The lowest BCUT2D eigenvalue weighted by Gasteiger charge is -2.12. The lowest BCUT2D eigenvalue weighted by atomic mass is 10.2. The molecule has 0 fully saturated rings. The van der Waals surface area contributed by atoms with Crippen LogP contribution in [0.2, 0.25) is 5.02 Å². The fourth-order valence-electron chi connectivity index (χ4n) is 3.20. The van der Waals surface area contributed by atoms with Gasteiger partial charge in [0.25, 0.3) is 5.56 Å². The van der Waals surface area contributed by atoms with E-state index < -0.39 is 17.1 Å². The normalized spacial score (nSPS) is 11.0. The first kappa shape index (κ1) is 21.0. The zero-order chi connectivity index (χ0) is 22.0. The van der Waals surface area contributed by atoms with E-state index in [2.05, 4.69) is 5.32 Å². The summed E-state index contributed by atoms with van der Waals surface area (Å²) in [7, 11) is 0. The minimum absolute atomic E-state index is 0.0157. The molecule has 0 unspecified atom stereocenters. The summed E-state index contributed by atoms with van der Waals surface area (Å²) in [5.74, 6) is -0.767. The third kappa shape index (κ3) is 4.60. The van der Waals surface area contributed by atoms with Gasteiger partial charge in [-0.05, 0) is 46.8 Å². The highest BCUT2D eigenvalue weighted by molar-refractivity contribution is 7.17. The first-order chi connectivity index (χ1) is 14.9. The molecule has 6 nitrogen and oxygen atoms in total. The molecular formula is C22H17ClFN3O3S. The van der Waals surface area contributed by atoms with Crippen LogP contribution in [-0.4, -0.2) is 15.0 Å². The van der Waals surface area contributed by atoms with E-state index in [1.54, 1.807) is 35.7 Å². The van der Waals surface area contributed by atoms with Gasteiger partial charge in [0.15, 0.2) is 0 Å². The van der Waals surface area contributed by atoms with Crippen LogP contribution in [-0.2, 0) is 24.4 Å². The number of fused-ring (bicyclic) bond motifs is 1. The number of halogens is 2. The van der Waals surface area contributed by atoms with Crippen molar-refractivity contribution in [1.82, 2.24) is 14.5 Å². The predicted molar refractivity (Wildman–Crippen MR) is 119 cm³/mol. The Balaban J connectivity index is 1.62. The number of nitrogens with one attached hydrogen (secondary N) is 1. The van der Waals surface area contributed by atoms with Crippen LogP contribution >= 0.6 is 22.9 Å². The maximum Gasteiger partial charge on any atom is 0.332 e. The number of nitrogens with zero attached hydrogens (tertiary/aromatic N) is 2. The molecule has 4 rings (SSSR count). The average molecular weight is 458 g/mol. The van der Waals surface area contributed by atoms with Crippen LogP contribution in [0.4, 0.5) is 4.39 Å². The number of thiophene rings is 1. The van der Waals surface area contributed by atoms with E-state index in [4.69, 9.17) is 11.6 Å². The zero-order valence-electron chi connectivity index (χ0n) is 16.2. The molecular weight excluding hydrogens is 441 g/mol. The van der Waals surface area contributed by atoms with Gasteiger partial charge in [-0.15, -0.1) is 11.3 Å². The van der Waals surface area contributed by atoms with Crippen molar-refractivity contribution in [2.24, 2.45) is 0 Å². The molecule has 1 amide bonds. The average Bonchev–Trinajstić information content (AvgIpc) is 3.25. The second-order valence-corrected chi connectivity index (χ2v) is 8.28. The van der Waals surface area contributed by atoms with Gasteiger partial charge in [-0.25, -0.2) is 9.18 Å². The lowest BCUT2D eigenvalue weighted by Crippen LogP contribution is -2.42. The fourth-order valence-corrected chi connectivity index (χ4v) is 4.17. The van der Waals surface area contributed by atoms with Crippen LogP contribution in [0.5, 0.6) is 0 Å². The number of amides is 1. The number of aromatic nitrogens is 2. The van der Waals surface area contributed by atoms with E-state index >= 15 is 0 Å². The predicted octanol–water partition coefficient (Wildman–Crippen LogP) is 3.38. The number of carbonyl (C=O) groups is 1. The van der Waals surface area contributed by atoms with Gasteiger partial charge in [-0.3, -0.25) is 18.7 Å². The van der Waals surface area contributed by atoms with E-state index in [1.165, 1.54) is 40.2 Å². The van der Waals surface area contributed by atoms with E-state index in [0.717, 1.165) is 10.1 Å². The summed E-state index contributed by atoms with van der Waals surface area (Å²) in [6, 6.07) is 14.3. The zero-order valence-corrected chi connectivity index (χ0v) is 17.8. The van der Waals surface area contributed by atoms with Gasteiger partial charge in [0.05, 0.1) is 12.1 Å². The van der Waals surface area contributed by atoms with Crippen LogP contribution in [0, 0.1) is 5.82 Å². The van der Waals surface area contributed by atoms with Crippen LogP contribution in [0.15, 0.2) is 69.6 Å². The Morgan fingerprint density at radius 1 is 0.968 bits per heavy atom. The Hall–Kier alpha value is -3.23. The fraction of sp³-hybridized carbons (Fsp3) is 0.136. The highest BCUT2D eigenvalue weighted by Crippen LogP contribution is 2.16. The molecule has 0 aliphatic heterocycles. The van der Waals surface area contributed by atoms with Gasteiger partial charge in [-0.1, -0.05) is 35.9 Å². The molecule has 1 N–H and O–H groups in total. The Kier molecular flexibility index (Phi) is 6.01. The maximum atomic E-state index is 13.2. The molecule has 4 aromatic rings. The first-order valence-corrected chi connectivity index (χ1v) is 10.6. The van der Waals surface area contributed by atoms with Crippen molar-refractivity contribution in [2.75, 3.05) is 0 Å². The maximum absolute atomic E-state index is 13.2. The highest BCUT2D eigenvalue weighted by atomic mass is 35.5. The summed E-state index contributed by atoms with van der Waals surface area (Å²) < 4.78 is 15.9. The van der Waals surface area contributed by atoms with Gasteiger partial charge >= 0.3 is 5.69 Å². The Morgan fingerprint density at radius 2 is 1.65 bits per heavy atom. The molecule has 0 saturated carbocycles. The van der Waals surface area contributed by atoms with E-state index in [1.807, 2.05) is 0 Å². The topological polar surface area (TPSA) is 73.1 Å². The van der Waals surface area contributed by atoms with Crippen molar-refractivity contribution in [3.8, 4) is 0 Å². The van der Waals surface area contributed by atoms with E-state index in [-0.39, 0.29) is 25.5 Å². The largest absolute Gasteiger partial charge is 0.350 e.